The van der Waals surface area contributed by atoms with Gasteiger partial charge >= 0.3 is 0 Å². The molecule has 5 aromatic rings. The molecule has 3 atom stereocenters. The molecule has 1 saturated carbocycles. The number of carbonyl (C=O) groups excluding carboxylic acids is 3. The zero-order valence-corrected chi connectivity index (χ0v) is 33.1. The lowest BCUT2D eigenvalue weighted by Gasteiger charge is -2.35. The van der Waals surface area contributed by atoms with Crippen LogP contribution in [0.25, 0.3) is 16.4 Å². The van der Waals surface area contributed by atoms with Gasteiger partial charge in [-0.25, -0.2) is 13.3 Å². The van der Waals surface area contributed by atoms with Crippen LogP contribution in [-0.2, 0) is 21.6 Å². The molecule has 13 nitrogen and oxygen atoms in total. The Morgan fingerprint density at radius 3 is 2.37 bits per heavy atom. The van der Waals surface area contributed by atoms with Crippen molar-refractivity contribution in [3.05, 3.63) is 94.4 Å². The maximum Gasteiger partial charge on any atom is 0.274 e. The van der Waals surface area contributed by atoms with E-state index in [2.05, 4.69) is 36.3 Å². The minimum absolute atomic E-state index is 0.0647. The Kier molecular flexibility index (Phi) is 10.1. The highest BCUT2D eigenvalue weighted by atomic mass is 19.1. The Morgan fingerprint density at radius 2 is 1.69 bits per heavy atom. The predicted octanol–water partition coefficient (Wildman–Crippen LogP) is 5.42. The van der Waals surface area contributed by atoms with Crippen molar-refractivity contribution in [2.45, 2.75) is 82.4 Å². The summed E-state index contributed by atoms with van der Waals surface area (Å²) in [6, 6.07) is 14.3. The first-order valence-electron chi connectivity index (χ1n) is 20.5. The standard InChI is InChI=1S/C44H47F2N9O4/c1-44(2,59)34-17-37-27(16-38(34)49-43(58)39-9-7-32-13-26(18-47)19-48-55(32)39)24-54(51-37)31-5-3-30(4-6-31)53-22-28-20-52(21-29(28)23-53)12-11-25-14-35(45)41(36(46)15-25)33-8-10-40(56)50-42(33)57/h7,9,13-17,19,24,28-31,33,59H,3-6,8,10-12,20-23H2,1-2H3,(H,49,58)(H,50,56,57)/t28-,29-,30?,31?,33+/m0/s1. The van der Waals surface area contributed by atoms with E-state index < -0.39 is 35.0 Å². The lowest BCUT2D eigenvalue weighted by atomic mass is 9.89. The Balaban J connectivity index is 0.790. The summed E-state index contributed by atoms with van der Waals surface area (Å²) in [5, 5.41) is 35.6. The molecule has 0 unspecified atom stereocenters. The summed E-state index contributed by atoms with van der Waals surface area (Å²) in [5.41, 5.74) is 2.19. The first kappa shape index (κ1) is 38.9. The Labute approximate surface area is 339 Å². The van der Waals surface area contributed by atoms with E-state index in [1.165, 1.54) is 22.8 Å². The van der Waals surface area contributed by atoms with Crippen LogP contribution in [0.5, 0.6) is 0 Å². The van der Waals surface area contributed by atoms with E-state index in [9.17, 15) is 24.8 Å². The molecule has 4 aliphatic rings. The Hall–Kier alpha value is -5.56. The van der Waals surface area contributed by atoms with Crippen molar-refractivity contribution in [3.63, 3.8) is 0 Å². The number of fused-ring (bicyclic) bond motifs is 3. The topological polar surface area (TPSA) is 161 Å². The van der Waals surface area contributed by atoms with E-state index in [-0.39, 0.29) is 30.4 Å². The Morgan fingerprint density at radius 1 is 0.983 bits per heavy atom. The van der Waals surface area contributed by atoms with Gasteiger partial charge in [-0.1, -0.05) is 0 Å². The van der Waals surface area contributed by atoms with Crippen LogP contribution < -0.4 is 10.6 Å². The number of hydrogen-bond donors (Lipinski definition) is 3. The first-order valence-corrected chi connectivity index (χ1v) is 20.5. The van der Waals surface area contributed by atoms with E-state index >= 15 is 8.78 Å². The number of amides is 3. The van der Waals surface area contributed by atoms with Crippen LogP contribution in [-0.4, -0.2) is 90.8 Å². The number of piperidine rings is 1. The summed E-state index contributed by atoms with van der Waals surface area (Å²) in [7, 11) is 0. The summed E-state index contributed by atoms with van der Waals surface area (Å²) >= 11 is 0. The van der Waals surface area contributed by atoms with Crippen molar-refractivity contribution in [2.75, 3.05) is 38.0 Å². The molecular formula is C44H47F2N9O4. The molecule has 0 radical (unpaired) electrons. The van der Waals surface area contributed by atoms with Gasteiger partial charge in [0, 0.05) is 73.6 Å². The smallest absolute Gasteiger partial charge is 0.274 e. The van der Waals surface area contributed by atoms with Crippen molar-refractivity contribution >= 4 is 39.8 Å². The van der Waals surface area contributed by atoms with E-state index in [0.29, 0.717) is 64.4 Å². The number of halogens is 2. The number of anilines is 1. The molecule has 59 heavy (non-hydrogen) atoms. The Bertz CT molecular complexity index is 2490. The summed E-state index contributed by atoms with van der Waals surface area (Å²) in [5.74, 6) is -2.77. The van der Waals surface area contributed by atoms with Gasteiger partial charge in [0.05, 0.1) is 40.4 Å². The molecule has 3 aromatic heterocycles. The highest BCUT2D eigenvalue weighted by Crippen LogP contribution is 2.39. The van der Waals surface area contributed by atoms with Crippen molar-refractivity contribution in [2.24, 2.45) is 11.8 Å². The van der Waals surface area contributed by atoms with Crippen LogP contribution >= 0.6 is 0 Å². The van der Waals surface area contributed by atoms with Gasteiger partial charge in [-0.2, -0.15) is 15.5 Å². The number of rotatable bonds is 9. The molecule has 15 heteroatoms. The van der Waals surface area contributed by atoms with Gasteiger partial charge in [-0.05, 0) is 112 Å². The SMILES string of the molecule is CC(C)(O)c1cc2nn(C3CCC(N4C[C@@H]5CN(CCc6cc(F)c([C@H]7CCC(=O)NC7=O)c(F)c6)C[C@H]5C4)CC3)cc2cc1NC(=O)c1ccc2cc(C#N)cnn12. The molecule has 0 spiro atoms. The maximum absolute atomic E-state index is 15.1. The summed E-state index contributed by atoms with van der Waals surface area (Å²) in [6.07, 6.45) is 8.27. The van der Waals surface area contributed by atoms with E-state index in [0.717, 1.165) is 62.8 Å². The number of benzene rings is 2. The fourth-order valence-corrected chi connectivity index (χ4v) is 9.97. The van der Waals surface area contributed by atoms with Crippen molar-refractivity contribution in [1.82, 2.24) is 34.5 Å². The van der Waals surface area contributed by atoms with Crippen molar-refractivity contribution in [1.29, 1.82) is 5.26 Å². The number of hydrogen-bond acceptors (Lipinski definition) is 9. The van der Waals surface area contributed by atoms with Crippen LogP contribution in [0.3, 0.4) is 0 Å². The molecule has 4 fully saturated rings. The number of imide groups is 1. The van der Waals surface area contributed by atoms with Gasteiger partial charge in [0.25, 0.3) is 5.91 Å². The van der Waals surface area contributed by atoms with Crippen LogP contribution in [0.15, 0.2) is 54.9 Å². The number of nitrogens with one attached hydrogen (secondary N) is 2. The molecule has 3 amide bonds. The number of likely N-dealkylation sites (tertiary alicyclic amines) is 2. The van der Waals surface area contributed by atoms with E-state index in [1.807, 2.05) is 18.3 Å². The van der Waals surface area contributed by atoms with Crippen LogP contribution in [0, 0.1) is 34.8 Å². The molecule has 3 N–H and O–H groups in total. The van der Waals surface area contributed by atoms with Crippen LogP contribution in [0.4, 0.5) is 14.5 Å². The number of aliphatic hydroxyl groups is 1. The normalized spacial score (nSPS) is 24.1. The first-order chi connectivity index (χ1) is 28.3. The number of nitriles is 1. The second-order valence-corrected chi connectivity index (χ2v) is 17.4. The third-order valence-corrected chi connectivity index (χ3v) is 13.0. The fourth-order valence-electron chi connectivity index (χ4n) is 9.97. The van der Waals surface area contributed by atoms with Crippen molar-refractivity contribution in [3.8, 4) is 6.07 Å². The molecule has 3 saturated heterocycles. The molecule has 9 rings (SSSR count). The molecule has 1 aliphatic carbocycles. The van der Waals surface area contributed by atoms with E-state index in [1.54, 1.807) is 32.0 Å². The van der Waals surface area contributed by atoms with Crippen LogP contribution in [0.2, 0.25) is 0 Å². The monoisotopic (exact) mass is 803 g/mol. The zero-order chi connectivity index (χ0) is 41.2. The lowest BCUT2D eigenvalue weighted by molar-refractivity contribution is -0.134. The van der Waals surface area contributed by atoms with Gasteiger partial charge < -0.3 is 15.3 Å². The quantitative estimate of drug-likeness (QED) is 0.165. The number of carbonyl (C=O) groups is 3. The van der Waals surface area contributed by atoms with Gasteiger partial charge in [-0.15, -0.1) is 0 Å². The third kappa shape index (κ3) is 7.61. The molecular weight excluding hydrogens is 757 g/mol. The molecule has 3 aliphatic heterocycles. The van der Waals surface area contributed by atoms with Gasteiger partial charge in [0.2, 0.25) is 11.8 Å². The molecule has 2 aromatic carbocycles. The summed E-state index contributed by atoms with van der Waals surface area (Å²) in [6.45, 7) is 8.11. The molecule has 6 heterocycles. The molecule has 306 valence electrons. The van der Waals surface area contributed by atoms with Gasteiger partial charge in [0.15, 0.2) is 0 Å². The number of nitrogens with zero attached hydrogens (tertiary/aromatic N) is 7. The maximum atomic E-state index is 15.1. The van der Waals surface area contributed by atoms with Crippen molar-refractivity contribution < 1.29 is 28.3 Å². The second kappa shape index (κ2) is 15.2. The minimum atomic E-state index is -1.25. The fraction of sp³-hybridized carbons (Fsp3) is 0.455. The average Bonchev–Trinajstić information content (AvgIpc) is 3.99. The van der Waals surface area contributed by atoms with Gasteiger partial charge in [0.1, 0.15) is 23.4 Å². The average molecular weight is 804 g/mol. The lowest BCUT2D eigenvalue weighted by Crippen LogP contribution is -2.40. The van der Waals surface area contributed by atoms with E-state index in [4.69, 9.17) is 5.10 Å². The zero-order valence-electron chi connectivity index (χ0n) is 33.1. The highest BCUT2D eigenvalue weighted by Gasteiger charge is 2.42. The highest BCUT2D eigenvalue weighted by molar-refractivity contribution is 6.05. The largest absolute Gasteiger partial charge is 0.386 e. The second-order valence-electron chi connectivity index (χ2n) is 17.4. The van der Waals surface area contributed by atoms with Gasteiger partial charge in [-0.3, -0.25) is 29.3 Å². The van der Waals surface area contributed by atoms with Crippen LogP contribution in [0.1, 0.15) is 97.1 Å². The summed E-state index contributed by atoms with van der Waals surface area (Å²) in [4.78, 5) is 42.3. The minimum Gasteiger partial charge on any atom is -0.386 e. The molecule has 0 bridgehead atoms. The summed E-state index contributed by atoms with van der Waals surface area (Å²) < 4.78 is 33.7. The predicted molar refractivity (Wildman–Crippen MR) is 214 cm³/mol. The number of aromatic nitrogens is 4. The third-order valence-electron chi connectivity index (χ3n) is 13.0.